The highest BCUT2D eigenvalue weighted by atomic mass is 16.6. The summed E-state index contributed by atoms with van der Waals surface area (Å²) < 4.78 is 16.8. The normalized spacial score (nSPS) is 12.6. The zero-order valence-electron chi connectivity index (χ0n) is 43.4. The molecule has 0 spiro atoms. The fourth-order valence-corrected chi connectivity index (χ4v) is 7.74. The van der Waals surface area contributed by atoms with E-state index < -0.39 is 6.10 Å². The van der Waals surface area contributed by atoms with Crippen LogP contribution < -0.4 is 0 Å². The molecule has 66 heavy (non-hydrogen) atoms. The number of allylic oxidation sites excluding steroid dienone is 12. The zero-order chi connectivity index (χ0) is 47.9. The van der Waals surface area contributed by atoms with Gasteiger partial charge in [0.25, 0.3) is 0 Å². The van der Waals surface area contributed by atoms with Crippen LogP contribution in [0.15, 0.2) is 72.9 Å². The Bertz CT molecular complexity index is 1240. The molecule has 380 valence electrons. The first-order valence-electron chi connectivity index (χ1n) is 27.9. The summed E-state index contributed by atoms with van der Waals surface area (Å²) in [5, 5.41) is 0. The van der Waals surface area contributed by atoms with Crippen molar-refractivity contribution >= 4 is 17.9 Å². The molecule has 0 saturated carbocycles. The van der Waals surface area contributed by atoms with Crippen molar-refractivity contribution in [2.24, 2.45) is 0 Å². The van der Waals surface area contributed by atoms with Crippen LogP contribution in [0.3, 0.4) is 0 Å². The van der Waals surface area contributed by atoms with Crippen LogP contribution in [0.5, 0.6) is 0 Å². The third-order valence-electron chi connectivity index (χ3n) is 11.9. The highest BCUT2D eigenvalue weighted by Crippen LogP contribution is 2.15. The molecule has 0 aliphatic rings. The molecule has 0 rings (SSSR count). The van der Waals surface area contributed by atoms with Crippen LogP contribution in [0.1, 0.15) is 271 Å². The van der Waals surface area contributed by atoms with Gasteiger partial charge in [0.05, 0.1) is 0 Å². The predicted molar refractivity (Wildman–Crippen MR) is 284 cm³/mol. The van der Waals surface area contributed by atoms with E-state index in [0.29, 0.717) is 19.3 Å². The highest BCUT2D eigenvalue weighted by Gasteiger charge is 2.19. The molecule has 0 aromatic carbocycles. The van der Waals surface area contributed by atoms with Crippen molar-refractivity contribution in [3.05, 3.63) is 72.9 Å². The van der Waals surface area contributed by atoms with Crippen molar-refractivity contribution in [1.29, 1.82) is 0 Å². The fourth-order valence-electron chi connectivity index (χ4n) is 7.74. The lowest BCUT2D eigenvalue weighted by Crippen LogP contribution is -2.30. The van der Waals surface area contributed by atoms with Crippen LogP contribution in [0.4, 0.5) is 0 Å². The van der Waals surface area contributed by atoms with E-state index in [1.165, 1.54) is 116 Å². The molecule has 0 aliphatic carbocycles. The van der Waals surface area contributed by atoms with Crippen molar-refractivity contribution in [3.8, 4) is 0 Å². The summed E-state index contributed by atoms with van der Waals surface area (Å²) >= 11 is 0. The minimum absolute atomic E-state index is 0.0816. The van der Waals surface area contributed by atoms with Crippen LogP contribution in [-0.4, -0.2) is 37.2 Å². The second-order valence-electron chi connectivity index (χ2n) is 18.5. The molecule has 6 nitrogen and oxygen atoms in total. The number of esters is 3. The van der Waals surface area contributed by atoms with Crippen LogP contribution in [0.2, 0.25) is 0 Å². The Morgan fingerprint density at radius 3 is 0.970 bits per heavy atom. The zero-order valence-corrected chi connectivity index (χ0v) is 43.4. The second-order valence-corrected chi connectivity index (χ2v) is 18.5. The molecular formula is C60H104O6. The van der Waals surface area contributed by atoms with Crippen molar-refractivity contribution in [2.45, 2.75) is 277 Å². The average molecular weight is 921 g/mol. The van der Waals surface area contributed by atoms with Gasteiger partial charge in [0.2, 0.25) is 0 Å². The Balaban J connectivity index is 4.36. The summed E-state index contributed by atoms with van der Waals surface area (Å²) in [5.74, 6) is -0.897. The Labute approximate surface area is 408 Å². The topological polar surface area (TPSA) is 78.9 Å². The molecule has 0 aromatic heterocycles. The summed E-state index contributed by atoms with van der Waals surface area (Å²) in [6.07, 6.45) is 68.8. The molecule has 0 bridgehead atoms. The number of unbranched alkanes of at least 4 members (excludes halogenated alkanes) is 27. The summed E-state index contributed by atoms with van der Waals surface area (Å²) in [6, 6.07) is 0. The molecule has 1 atom stereocenters. The number of rotatable bonds is 50. The molecule has 0 aliphatic heterocycles. The number of ether oxygens (including phenoxy) is 3. The van der Waals surface area contributed by atoms with Crippen molar-refractivity contribution in [2.75, 3.05) is 13.2 Å². The van der Waals surface area contributed by atoms with E-state index in [4.69, 9.17) is 14.2 Å². The Kier molecular flexibility index (Phi) is 51.9. The SMILES string of the molecule is CC/C=C\C/C=C\C/C=C\C/C=C\CCCCCCCCCCC(=O)OCC(COC(=O)CCCCCCCCCCCCCCC)OC(=O)CCCCCCC/C=C\C/C=C\CCCC. The van der Waals surface area contributed by atoms with Gasteiger partial charge in [0.1, 0.15) is 13.2 Å². The average Bonchev–Trinajstić information content (AvgIpc) is 3.31. The third kappa shape index (κ3) is 51.8. The quantitative estimate of drug-likeness (QED) is 0.0262. The molecule has 0 amide bonds. The standard InChI is InChI=1S/C60H104O6/c1-4-7-10-13-16-19-22-25-27-28-29-30-31-32-33-36-38-41-44-47-50-53-59(62)65-56-57(55-64-58(61)52-49-46-43-40-37-34-24-21-18-15-12-9-6-3)66-60(63)54-51-48-45-42-39-35-26-23-20-17-14-11-8-5-2/h7,10,14,16-17,19,23,25-27,29-30,57H,4-6,8-9,11-13,15,18,20-22,24,28,31-56H2,1-3H3/b10-7-,17-14-,19-16-,26-23-,27-25-,30-29-. The number of carbonyl (C=O) groups excluding carboxylic acids is 3. The van der Waals surface area contributed by atoms with E-state index in [9.17, 15) is 14.4 Å². The number of hydrogen-bond acceptors (Lipinski definition) is 6. The van der Waals surface area contributed by atoms with E-state index in [1.807, 2.05) is 0 Å². The summed E-state index contributed by atoms with van der Waals surface area (Å²) in [4.78, 5) is 38.1. The first-order valence-corrected chi connectivity index (χ1v) is 27.9. The van der Waals surface area contributed by atoms with E-state index in [0.717, 1.165) is 116 Å². The van der Waals surface area contributed by atoms with Crippen LogP contribution in [-0.2, 0) is 28.6 Å². The predicted octanol–water partition coefficient (Wildman–Crippen LogP) is 18.6. The fraction of sp³-hybridized carbons (Fsp3) is 0.750. The molecule has 6 heteroatoms. The van der Waals surface area contributed by atoms with E-state index >= 15 is 0 Å². The van der Waals surface area contributed by atoms with Gasteiger partial charge in [-0.2, -0.15) is 0 Å². The molecule has 0 radical (unpaired) electrons. The number of hydrogen-bond donors (Lipinski definition) is 0. The lowest BCUT2D eigenvalue weighted by Gasteiger charge is -2.18. The summed E-state index contributed by atoms with van der Waals surface area (Å²) in [7, 11) is 0. The summed E-state index contributed by atoms with van der Waals surface area (Å²) in [5.41, 5.74) is 0. The maximum Gasteiger partial charge on any atom is 0.306 e. The lowest BCUT2D eigenvalue weighted by molar-refractivity contribution is -0.167. The second kappa shape index (κ2) is 54.5. The van der Waals surface area contributed by atoms with Gasteiger partial charge in [0, 0.05) is 19.3 Å². The van der Waals surface area contributed by atoms with Gasteiger partial charge in [-0.1, -0.05) is 241 Å². The molecule has 0 N–H and O–H groups in total. The molecule has 0 aromatic rings. The monoisotopic (exact) mass is 921 g/mol. The number of carbonyl (C=O) groups is 3. The van der Waals surface area contributed by atoms with E-state index in [-0.39, 0.29) is 31.1 Å². The first kappa shape index (κ1) is 62.8. The van der Waals surface area contributed by atoms with Gasteiger partial charge in [-0.15, -0.1) is 0 Å². The largest absolute Gasteiger partial charge is 0.462 e. The van der Waals surface area contributed by atoms with Crippen molar-refractivity contribution in [1.82, 2.24) is 0 Å². The van der Waals surface area contributed by atoms with Gasteiger partial charge in [-0.25, -0.2) is 0 Å². The third-order valence-corrected chi connectivity index (χ3v) is 11.9. The molecule has 0 saturated heterocycles. The Morgan fingerprint density at radius 2 is 0.606 bits per heavy atom. The smallest absolute Gasteiger partial charge is 0.306 e. The maximum absolute atomic E-state index is 12.8. The Morgan fingerprint density at radius 1 is 0.318 bits per heavy atom. The molecule has 0 heterocycles. The van der Waals surface area contributed by atoms with Gasteiger partial charge < -0.3 is 14.2 Å². The minimum Gasteiger partial charge on any atom is -0.462 e. The van der Waals surface area contributed by atoms with E-state index in [2.05, 4.69) is 93.7 Å². The summed E-state index contributed by atoms with van der Waals surface area (Å²) in [6.45, 7) is 6.48. The van der Waals surface area contributed by atoms with Crippen LogP contribution in [0.25, 0.3) is 0 Å². The van der Waals surface area contributed by atoms with Crippen LogP contribution >= 0.6 is 0 Å². The maximum atomic E-state index is 12.8. The van der Waals surface area contributed by atoms with Crippen molar-refractivity contribution < 1.29 is 28.6 Å². The van der Waals surface area contributed by atoms with E-state index in [1.54, 1.807) is 0 Å². The minimum atomic E-state index is -0.784. The van der Waals surface area contributed by atoms with Gasteiger partial charge in [-0.3, -0.25) is 14.4 Å². The first-order chi connectivity index (χ1) is 32.5. The lowest BCUT2D eigenvalue weighted by atomic mass is 10.0. The Hall–Kier alpha value is -3.15. The molecular weight excluding hydrogens is 817 g/mol. The van der Waals surface area contributed by atoms with Gasteiger partial charge in [0.15, 0.2) is 6.10 Å². The van der Waals surface area contributed by atoms with Gasteiger partial charge in [-0.05, 0) is 83.5 Å². The molecule has 1 unspecified atom stereocenters. The molecule has 0 fully saturated rings. The van der Waals surface area contributed by atoms with Crippen LogP contribution in [0, 0.1) is 0 Å². The highest BCUT2D eigenvalue weighted by molar-refractivity contribution is 5.71. The van der Waals surface area contributed by atoms with Gasteiger partial charge >= 0.3 is 17.9 Å². The van der Waals surface area contributed by atoms with Crippen molar-refractivity contribution in [3.63, 3.8) is 0 Å².